The zero-order valence-electron chi connectivity index (χ0n) is 16.4. The Balaban J connectivity index is 1.42. The average molecular weight is 422 g/mol. The Kier molecular flexibility index (Phi) is 5.26. The van der Waals surface area contributed by atoms with Gasteiger partial charge in [0.2, 0.25) is 0 Å². The Morgan fingerprint density at radius 3 is 2.76 bits per heavy atom. The molecule has 0 unspecified atom stereocenters. The molecule has 1 saturated heterocycles. The lowest BCUT2D eigenvalue weighted by molar-refractivity contribution is 0.282. The second-order valence-electron chi connectivity index (χ2n) is 7.39. The number of rotatable bonds is 4. The van der Waals surface area contributed by atoms with E-state index in [9.17, 15) is 0 Å². The summed E-state index contributed by atoms with van der Waals surface area (Å²) in [5.41, 5.74) is 4.33. The van der Waals surface area contributed by atoms with Gasteiger partial charge in [-0.1, -0.05) is 30.3 Å². The summed E-state index contributed by atoms with van der Waals surface area (Å²) in [7, 11) is 0. The molecule has 1 aromatic carbocycles. The maximum Gasteiger partial charge on any atom is 0.141 e. The molecule has 29 heavy (non-hydrogen) atoms. The van der Waals surface area contributed by atoms with E-state index in [-0.39, 0.29) is 0 Å². The lowest BCUT2D eigenvalue weighted by Crippen LogP contribution is -2.31. The van der Waals surface area contributed by atoms with E-state index >= 15 is 0 Å². The second kappa shape index (κ2) is 8.18. The summed E-state index contributed by atoms with van der Waals surface area (Å²) in [6.45, 7) is 7.06. The number of aromatic nitrogens is 3. The summed E-state index contributed by atoms with van der Waals surface area (Å²) >= 11 is 3.43. The second-order valence-corrected chi connectivity index (χ2v) is 9.14. The highest BCUT2D eigenvalue weighted by Gasteiger charge is 2.20. The Labute approximate surface area is 178 Å². The molecule has 1 aliphatic rings. The lowest BCUT2D eigenvalue weighted by Gasteiger charge is -2.23. The predicted molar refractivity (Wildman–Crippen MR) is 122 cm³/mol. The number of hydrogen-bond donors (Lipinski definition) is 0. The zero-order valence-corrected chi connectivity index (χ0v) is 18.0. The third kappa shape index (κ3) is 4.03. The van der Waals surface area contributed by atoms with Gasteiger partial charge in [0.05, 0.1) is 16.6 Å². The van der Waals surface area contributed by atoms with Gasteiger partial charge in [-0.2, -0.15) is 0 Å². The molecule has 4 aromatic rings. The Morgan fingerprint density at radius 1 is 1.03 bits per heavy atom. The van der Waals surface area contributed by atoms with E-state index in [0.717, 1.165) is 55.6 Å². The highest BCUT2D eigenvalue weighted by molar-refractivity contribution is 7.21. The number of benzene rings is 1. The summed E-state index contributed by atoms with van der Waals surface area (Å²) in [6, 6.07) is 12.8. The number of thiazole rings is 1. The van der Waals surface area contributed by atoms with Gasteiger partial charge >= 0.3 is 0 Å². The number of fused-ring (bicyclic) bond motifs is 1. The van der Waals surface area contributed by atoms with Crippen LogP contribution < -0.4 is 4.90 Å². The van der Waals surface area contributed by atoms with Crippen LogP contribution >= 0.6 is 22.7 Å². The maximum absolute atomic E-state index is 4.87. The number of anilines is 1. The molecule has 0 saturated carbocycles. The van der Waals surface area contributed by atoms with Crippen molar-refractivity contribution in [2.24, 2.45) is 0 Å². The van der Waals surface area contributed by atoms with Crippen molar-refractivity contribution in [1.29, 1.82) is 0 Å². The van der Waals surface area contributed by atoms with Crippen molar-refractivity contribution in [2.75, 3.05) is 31.1 Å². The topological polar surface area (TPSA) is 45.2 Å². The summed E-state index contributed by atoms with van der Waals surface area (Å²) < 4.78 is 0. The molecule has 4 heterocycles. The van der Waals surface area contributed by atoms with Crippen LogP contribution in [0.2, 0.25) is 0 Å². The first-order chi connectivity index (χ1) is 14.3. The van der Waals surface area contributed by atoms with Crippen LogP contribution in [0.25, 0.3) is 20.7 Å². The van der Waals surface area contributed by atoms with Crippen molar-refractivity contribution in [1.82, 2.24) is 19.9 Å². The molecule has 0 N–H and O–H groups in total. The summed E-state index contributed by atoms with van der Waals surface area (Å²) in [5.74, 6) is 1.93. The van der Waals surface area contributed by atoms with Crippen LogP contribution in [0.5, 0.6) is 0 Å². The maximum atomic E-state index is 4.87. The smallest absolute Gasteiger partial charge is 0.141 e. The van der Waals surface area contributed by atoms with Gasteiger partial charge in [0.25, 0.3) is 0 Å². The molecule has 0 aliphatic carbocycles. The quantitative estimate of drug-likeness (QED) is 0.472. The third-order valence-corrected chi connectivity index (χ3v) is 7.01. The molecule has 0 atom stereocenters. The standard InChI is InChI=1S/C22H23N5S2/c1-16-24-21(19-12-20(29-22(19)25-16)17-6-3-2-4-7-17)27-9-5-8-26(10-11-27)13-18-14-28-15-23-18/h2-4,6-7,12,14-15H,5,8-11,13H2,1H3. The molecular weight excluding hydrogens is 398 g/mol. The van der Waals surface area contributed by atoms with Crippen molar-refractivity contribution in [2.45, 2.75) is 19.9 Å². The van der Waals surface area contributed by atoms with Gasteiger partial charge in [-0.15, -0.1) is 22.7 Å². The lowest BCUT2D eigenvalue weighted by atomic mass is 10.2. The molecule has 7 heteroatoms. The van der Waals surface area contributed by atoms with Gasteiger partial charge < -0.3 is 4.90 Å². The van der Waals surface area contributed by atoms with Crippen LogP contribution in [0.4, 0.5) is 5.82 Å². The van der Waals surface area contributed by atoms with Gasteiger partial charge in [-0.25, -0.2) is 15.0 Å². The fourth-order valence-corrected chi connectivity index (χ4v) is 5.51. The predicted octanol–water partition coefficient (Wildman–Crippen LogP) is 4.84. The molecule has 3 aromatic heterocycles. The number of thiophene rings is 1. The van der Waals surface area contributed by atoms with Gasteiger partial charge in [0.1, 0.15) is 16.5 Å². The van der Waals surface area contributed by atoms with E-state index in [4.69, 9.17) is 9.97 Å². The molecule has 148 valence electrons. The highest BCUT2D eigenvalue weighted by Crippen LogP contribution is 2.36. The van der Waals surface area contributed by atoms with Gasteiger partial charge in [-0.05, 0) is 25.0 Å². The normalized spacial score (nSPS) is 15.7. The molecular formula is C22H23N5S2. The molecule has 0 spiro atoms. The van der Waals surface area contributed by atoms with Crippen LogP contribution in [0.1, 0.15) is 17.9 Å². The average Bonchev–Trinajstić information content (AvgIpc) is 3.34. The Morgan fingerprint density at radius 2 is 1.93 bits per heavy atom. The first kappa shape index (κ1) is 18.7. The van der Waals surface area contributed by atoms with Crippen molar-refractivity contribution >= 4 is 38.7 Å². The SMILES string of the molecule is Cc1nc(N2CCCN(Cc3cscn3)CC2)c2cc(-c3ccccc3)sc2n1. The van der Waals surface area contributed by atoms with Crippen LogP contribution in [0.3, 0.4) is 0 Å². The minimum Gasteiger partial charge on any atom is -0.355 e. The summed E-state index contributed by atoms with van der Waals surface area (Å²) in [6.07, 6.45) is 1.13. The van der Waals surface area contributed by atoms with E-state index in [1.807, 2.05) is 12.4 Å². The molecule has 1 aliphatic heterocycles. The monoisotopic (exact) mass is 421 g/mol. The van der Waals surface area contributed by atoms with E-state index < -0.39 is 0 Å². The minimum absolute atomic E-state index is 0.845. The van der Waals surface area contributed by atoms with Crippen LogP contribution in [-0.4, -0.2) is 46.0 Å². The van der Waals surface area contributed by atoms with Crippen molar-refractivity contribution in [3.8, 4) is 10.4 Å². The van der Waals surface area contributed by atoms with E-state index in [1.54, 1.807) is 22.7 Å². The largest absolute Gasteiger partial charge is 0.355 e. The fourth-order valence-electron chi connectivity index (χ4n) is 3.88. The molecule has 0 amide bonds. The van der Waals surface area contributed by atoms with Gasteiger partial charge in [0, 0.05) is 43.0 Å². The first-order valence-corrected chi connectivity index (χ1v) is 11.7. The van der Waals surface area contributed by atoms with E-state index in [2.05, 4.69) is 56.6 Å². The van der Waals surface area contributed by atoms with Crippen molar-refractivity contribution < 1.29 is 0 Å². The number of aryl methyl sites for hydroxylation is 1. The molecule has 0 bridgehead atoms. The number of nitrogens with zero attached hydrogens (tertiary/aromatic N) is 5. The van der Waals surface area contributed by atoms with E-state index in [0.29, 0.717) is 0 Å². The minimum atomic E-state index is 0.845. The van der Waals surface area contributed by atoms with Crippen LogP contribution in [0, 0.1) is 6.92 Å². The summed E-state index contributed by atoms with van der Waals surface area (Å²) in [4.78, 5) is 21.3. The van der Waals surface area contributed by atoms with Gasteiger partial charge in [0.15, 0.2) is 0 Å². The fraction of sp³-hybridized carbons (Fsp3) is 0.318. The third-order valence-electron chi connectivity index (χ3n) is 5.30. The highest BCUT2D eigenvalue weighted by atomic mass is 32.1. The molecule has 5 nitrogen and oxygen atoms in total. The zero-order chi connectivity index (χ0) is 19.6. The molecule has 0 radical (unpaired) electrons. The Bertz CT molecular complexity index is 1090. The first-order valence-electron chi connectivity index (χ1n) is 9.94. The van der Waals surface area contributed by atoms with Gasteiger partial charge in [-0.3, -0.25) is 4.90 Å². The number of hydrogen-bond acceptors (Lipinski definition) is 7. The van der Waals surface area contributed by atoms with Crippen molar-refractivity contribution in [3.05, 3.63) is 58.8 Å². The molecule has 5 rings (SSSR count). The Hall–Kier alpha value is -2.35. The molecule has 1 fully saturated rings. The van der Waals surface area contributed by atoms with Crippen LogP contribution in [-0.2, 0) is 6.54 Å². The van der Waals surface area contributed by atoms with Crippen molar-refractivity contribution in [3.63, 3.8) is 0 Å². The van der Waals surface area contributed by atoms with E-state index in [1.165, 1.54) is 21.5 Å². The summed E-state index contributed by atoms with van der Waals surface area (Å²) in [5, 5.41) is 3.32. The van der Waals surface area contributed by atoms with Crippen LogP contribution in [0.15, 0.2) is 47.3 Å².